The Balaban J connectivity index is 1.81. The molecule has 20 heavy (non-hydrogen) atoms. The van der Waals surface area contributed by atoms with Crippen molar-refractivity contribution in [2.24, 2.45) is 0 Å². The lowest BCUT2D eigenvalue weighted by Gasteiger charge is -2.06. The SMILES string of the molecule is O=C(CCCl)NCCNC(=O)c1ccc2nc[nH]c2c1. The number of rotatable bonds is 6. The Morgan fingerprint density at radius 1 is 1.25 bits per heavy atom. The van der Waals surface area contributed by atoms with Gasteiger partial charge in [-0.05, 0) is 18.2 Å². The summed E-state index contributed by atoms with van der Waals surface area (Å²) in [6, 6.07) is 5.23. The van der Waals surface area contributed by atoms with Crippen molar-refractivity contribution in [3.05, 3.63) is 30.1 Å². The lowest BCUT2D eigenvalue weighted by atomic mass is 10.2. The van der Waals surface area contributed by atoms with Gasteiger partial charge in [0.1, 0.15) is 0 Å². The standard InChI is InChI=1S/C13H15ClN4O2/c14-4-3-12(19)15-5-6-16-13(20)9-1-2-10-11(7-9)18-8-17-10/h1-2,7-8H,3-6H2,(H,15,19)(H,16,20)(H,17,18). The molecule has 0 saturated heterocycles. The number of halogens is 1. The van der Waals surface area contributed by atoms with Gasteiger partial charge in [-0.3, -0.25) is 9.59 Å². The van der Waals surface area contributed by atoms with Crippen molar-refractivity contribution < 1.29 is 9.59 Å². The maximum atomic E-state index is 11.9. The summed E-state index contributed by atoms with van der Waals surface area (Å²) in [6.45, 7) is 0.752. The molecule has 1 heterocycles. The Hall–Kier alpha value is -2.08. The molecule has 0 aliphatic heterocycles. The van der Waals surface area contributed by atoms with E-state index in [1.54, 1.807) is 24.5 Å². The summed E-state index contributed by atoms with van der Waals surface area (Å²) in [7, 11) is 0. The molecule has 0 atom stereocenters. The highest BCUT2D eigenvalue weighted by Crippen LogP contribution is 2.11. The van der Waals surface area contributed by atoms with E-state index >= 15 is 0 Å². The monoisotopic (exact) mass is 294 g/mol. The molecule has 2 rings (SSSR count). The number of fused-ring (bicyclic) bond motifs is 1. The van der Waals surface area contributed by atoms with Gasteiger partial charge in [0.05, 0.1) is 17.4 Å². The van der Waals surface area contributed by atoms with Crippen molar-refractivity contribution in [3.63, 3.8) is 0 Å². The minimum absolute atomic E-state index is 0.117. The lowest BCUT2D eigenvalue weighted by Crippen LogP contribution is -2.34. The number of imidazole rings is 1. The third-order valence-electron chi connectivity index (χ3n) is 2.74. The first-order chi connectivity index (χ1) is 9.70. The third kappa shape index (κ3) is 3.71. The minimum atomic E-state index is -0.187. The number of aromatic amines is 1. The number of H-pyrrole nitrogens is 1. The first kappa shape index (κ1) is 14.3. The molecule has 1 aromatic carbocycles. The number of hydrogen-bond acceptors (Lipinski definition) is 3. The van der Waals surface area contributed by atoms with E-state index in [-0.39, 0.29) is 18.2 Å². The average molecular weight is 295 g/mol. The summed E-state index contributed by atoms with van der Waals surface area (Å²) >= 11 is 5.44. The second-order valence-electron chi connectivity index (χ2n) is 4.18. The van der Waals surface area contributed by atoms with Gasteiger partial charge < -0.3 is 15.6 Å². The van der Waals surface area contributed by atoms with Gasteiger partial charge in [-0.1, -0.05) is 0 Å². The Labute approximate surface area is 120 Å². The van der Waals surface area contributed by atoms with Crippen LogP contribution < -0.4 is 10.6 Å². The molecule has 0 unspecified atom stereocenters. The zero-order valence-electron chi connectivity index (χ0n) is 10.8. The molecule has 7 heteroatoms. The van der Waals surface area contributed by atoms with Crippen LogP contribution in [0.1, 0.15) is 16.8 Å². The number of nitrogens with zero attached hydrogens (tertiary/aromatic N) is 1. The van der Waals surface area contributed by atoms with Gasteiger partial charge in [0, 0.05) is 31.0 Å². The number of alkyl halides is 1. The third-order valence-corrected chi connectivity index (χ3v) is 2.93. The number of benzene rings is 1. The molecule has 0 spiro atoms. The van der Waals surface area contributed by atoms with Crippen LogP contribution in [0.5, 0.6) is 0 Å². The molecule has 2 aromatic rings. The van der Waals surface area contributed by atoms with Crippen LogP contribution in [0.3, 0.4) is 0 Å². The van der Waals surface area contributed by atoms with Crippen molar-refractivity contribution in [2.75, 3.05) is 19.0 Å². The van der Waals surface area contributed by atoms with Gasteiger partial charge >= 0.3 is 0 Å². The second-order valence-corrected chi connectivity index (χ2v) is 4.56. The number of nitrogens with one attached hydrogen (secondary N) is 3. The van der Waals surface area contributed by atoms with Crippen LogP contribution in [0.2, 0.25) is 0 Å². The van der Waals surface area contributed by atoms with E-state index in [0.717, 1.165) is 11.0 Å². The van der Waals surface area contributed by atoms with Gasteiger partial charge in [-0.25, -0.2) is 4.98 Å². The first-order valence-electron chi connectivity index (χ1n) is 6.24. The van der Waals surface area contributed by atoms with Crippen LogP contribution in [-0.2, 0) is 4.79 Å². The fraction of sp³-hybridized carbons (Fsp3) is 0.308. The molecule has 3 N–H and O–H groups in total. The van der Waals surface area contributed by atoms with Crippen molar-refractivity contribution in [1.29, 1.82) is 0 Å². The summed E-state index contributed by atoms with van der Waals surface area (Å²) in [4.78, 5) is 30.1. The molecule has 0 aliphatic carbocycles. The lowest BCUT2D eigenvalue weighted by molar-refractivity contribution is -0.120. The molecule has 0 saturated carbocycles. The smallest absolute Gasteiger partial charge is 0.251 e. The van der Waals surface area contributed by atoms with E-state index in [4.69, 9.17) is 11.6 Å². The number of carbonyl (C=O) groups is 2. The second kappa shape index (κ2) is 6.91. The molecule has 6 nitrogen and oxygen atoms in total. The van der Waals surface area contributed by atoms with Crippen molar-refractivity contribution in [1.82, 2.24) is 20.6 Å². The van der Waals surface area contributed by atoms with Gasteiger partial charge in [0.25, 0.3) is 5.91 Å². The molecule has 0 radical (unpaired) electrons. The van der Waals surface area contributed by atoms with Crippen molar-refractivity contribution in [3.8, 4) is 0 Å². The fourth-order valence-corrected chi connectivity index (χ4v) is 1.90. The Bertz CT molecular complexity index is 611. The predicted molar refractivity (Wildman–Crippen MR) is 76.8 cm³/mol. The van der Waals surface area contributed by atoms with Crippen LogP contribution in [-0.4, -0.2) is 40.8 Å². The van der Waals surface area contributed by atoms with Crippen LogP contribution in [0.15, 0.2) is 24.5 Å². The number of aromatic nitrogens is 2. The molecule has 0 fully saturated rings. The van der Waals surface area contributed by atoms with Gasteiger partial charge in [0.15, 0.2) is 0 Å². The maximum absolute atomic E-state index is 11.9. The molecule has 2 amide bonds. The Morgan fingerprint density at radius 3 is 2.85 bits per heavy atom. The summed E-state index contributed by atoms with van der Waals surface area (Å²) in [5.41, 5.74) is 2.18. The quantitative estimate of drug-likeness (QED) is 0.549. The largest absolute Gasteiger partial charge is 0.354 e. The summed E-state index contributed by atoms with van der Waals surface area (Å²) in [5.74, 6) is -0.0104. The maximum Gasteiger partial charge on any atom is 0.251 e. The molecular weight excluding hydrogens is 280 g/mol. The van der Waals surface area contributed by atoms with Crippen molar-refractivity contribution >= 4 is 34.4 Å². The number of carbonyl (C=O) groups excluding carboxylic acids is 2. The van der Waals surface area contributed by atoms with Crippen LogP contribution >= 0.6 is 11.6 Å². The highest BCUT2D eigenvalue weighted by Gasteiger charge is 2.07. The summed E-state index contributed by atoms with van der Waals surface area (Å²) in [5, 5.41) is 5.39. The normalized spacial score (nSPS) is 10.4. The van der Waals surface area contributed by atoms with E-state index in [1.165, 1.54) is 0 Å². The zero-order chi connectivity index (χ0) is 14.4. The molecular formula is C13H15ClN4O2. The molecule has 0 aliphatic rings. The van der Waals surface area contributed by atoms with Gasteiger partial charge in [-0.2, -0.15) is 0 Å². The van der Waals surface area contributed by atoms with E-state index in [1.807, 2.05) is 0 Å². The summed E-state index contributed by atoms with van der Waals surface area (Å²) in [6.07, 6.45) is 1.87. The van der Waals surface area contributed by atoms with E-state index in [9.17, 15) is 9.59 Å². The van der Waals surface area contributed by atoms with E-state index < -0.39 is 0 Å². The van der Waals surface area contributed by atoms with E-state index in [0.29, 0.717) is 24.5 Å². The highest BCUT2D eigenvalue weighted by atomic mass is 35.5. The van der Waals surface area contributed by atoms with Crippen LogP contribution in [0.4, 0.5) is 0 Å². The van der Waals surface area contributed by atoms with Gasteiger partial charge in [-0.15, -0.1) is 11.6 Å². The van der Waals surface area contributed by atoms with Gasteiger partial charge in [0.2, 0.25) is 5.91 Å². The Morgan fingerprint density at radius 2 is 2.05 bits per heavy atom. The molecule has 0 bridgehead atoms. The number of amides is 2. The van der Waals surface area contributed by atoms with Crippen LogP contribution in [0.25, 0.3) is 11.0 Å². The zero-order valence-corrected chi connectivity index (χ0v) is 11.5. The molecule has 1 aromatic heterocycles. The minimum Gasteiger partial charge on any atom is -0.354 e. The van der Waals surface area contributed by atoms with Crippen molar-refractivity contribution in [2.45, 2.75) is 6.42 Å². The van der Waals surface area contributed by atoms with E-state index in [2.05, 4.69) is 20.6 Å². The topological polar surface area (TPSA) is 86.9 Å². The predicted octanol–water partition coefficient (Wildman–Crippen LogP) is 1.04. The fourth-order valence-electron chi connectivity index (χ4n) is 1.73. The summed E-state index contributed by atoms with van der Waals surface area (Å²) < 4.78 is 0. The Kier molecular flexibility index (Phi) is 4.95. The first-order valence-corrected chi connectivity index (χ1v) is 6.78. The highest BCUT2D eigenvalue weighted by molar-refractivity contribution is 6.18. The average Bonchev–Trinajstić information content (AvgIpc) is 2.91. The molecule has 106 valence electrons. The van der Waals surface area contributed by atoms with Crippen LogP contribution in [0, 0.1) is 0 Å². The number of hydrogen-bond donors (Lipinski definition) is 3.